The van der Waals surface area contributed by atoms with Gasteiger partial charge in [0.05, 0.1) is 11.0 Å². The van der Waals surface area contributed by atoms with E-state index in [0.717, 1.165) is 16.3 Å². The Bertz CT molecular complexity index is 749. The second-order valence-electron chi connectivity index (χ2n) is 3.71. The van der Waals surface area contributed by atoms with Crippen LogP contribution in [0, 0.1) is 0 Å². The fraction of sp³-hybridized carbons (Fsp3) is 0. The van der Waals surface area contributed by atoms with Crippen LogP contribution in [0.15, 0.2) is 42.6 Å². The third-order valence-corrected chi connectivity index (χ3v) is 2.65. The third-order valence-electron chi connectivity index (χ3n) is 2.65. The molecule has 3 aromatic rings. The van der Waals surface area contributed by atoms with E-state index in [2.05, 4.69) is 38.3 Å². The van der Waals surface area contributed by atoms with Crippen LogP contribution in [-0.4, -0.2) is 21.0 Å². The number of fused-ring (bicyclic) bond motifs is 3. The zero-order valence-electron chi connectivity index (χ0n) is 9.47. The van der Waals surface area contributed by atoms with Gasteiger partial charge in [-0.3, -0.25) is 4.98 Å². The van der Waals surface area contributed by atoms with E-state index in [0.29, 0.717) is 5.52 Å². The van der Waals surface area contributed by atoms with Crippen molar-refractivity contribution in [2.75, 3.05) is 0 Å². The summed E-state index contributed by atoms with van der Waals surface area (Å²) >= 11 is 6.50. The van der Waals surface area contributed by atoms with Gasteiger partial charge in [0.25, 0.3) is 0 Å². The molecule has 0 aliphatic heterocycles. The van der Waals surface area contributed by atoms with Crippen LogP contribution in [0.4, 0.5) is 0 Å². The molecule has 0 saturated carbocycles. The molecule has 0 aliphatic rings. The van der Waals surface area contributed by atoms with Gasteiger partial charge in [-0.2, -0.15) is 0 Å². The van der Waals surface area contributed by atoms with Crippen LogP contribution < -0.4 is 0 Å². The fourth-order valence-electron chi connectivity index (χ4n) is 1.84. The molecule has 2 aromatic heterocycles. The number of rotatable bonds is 1. The quantitative estimate of drug-likeness (QED) is 0.529. The van der Waals surface area contributed by atoms with Gasteiger partial charge < -0.3 is 5.11 Å². The van der Waals surface area contributed by atoms with E-state index in [-0.39, 0.29) is 5.69 Å². The first-order valence-corrected chi connectivity index (χ1v) is 7.57. The standard InChI is InChI=1S/C13H8N2O2.BrH.Cu/c16-13(17)10-6-5-9-4-3-8-2-1-7-14-11(8)12(9)15-10;;/h1-7H,(H,16,17);1H;/q;;+1/p-1. The van der Waals surface area contributed by atoms with E-state index < -0.39 is 5.97 Å². The predicted molar refractivity (Wildman–Crippen MR) is 72.9 cm³/mol. The van der Waals surface area contributed by atoms with Crippen molar-refractivity contribution in [3.05, 3.63) is 48.3 Å². The summed E-state index contributed by atoms with van der Waals surface area (Å²) in [5.74, 6) is -1.03. The van der Waals surface area contributed by atoms with Crippen LogP contribution in [0.25, 0.3) is 21.8 Å². The molecule has 0 atom stereocenters. The Labute approximate surface area is 124 Å². The Morgan fingerprint density at radius 1 is 1.05 bits per heavy atom. The maximum absolute atomic E-state index is 10.9. The Hall–Kier alpha value is -1.49. The van der Waals surface area contributed by atoms with Gasteiger partial charge in [-0.25, -0.2) is 9.78 Å². The topological polar surface area (TPSA) is 63.1 Å². The third kappa shape index (κ3) is 2.76. The Morgan fingerprint density at radius 2 is 1.68 bits per heavy atom. The molecular formula is C13H8BrCuN2O2. The molecule has 3 rings (SSSR count). The molecule has 0 aliphatic carbocycles. The van der Waals surface area contributed by atoms with E-state index in [1.807, 2.05) is 24.3 Å². The second-order valence-corrected chi connectivity index (χ2v) is 3.71. The molecule has 1 aromatic carbocycles. The number of halogens is 1. The Morgan fingerprint density at radius 3 is 2.37 bits per heavy atom. The molecule has 19 heavy (non-hydrogen) atoms. The predicted octanol–water partition coefficient (Wildman–Crippen LogP) is 3.32. The molecule has 4 nitrogen and oxygen atoms in total. The summed E-state index contributed by atoms with van der Waals surface area (Å²) in [4.78, 5) is 19.3. The van der Waals surface area contributed by atoms with E-state index >= 15 is 0 Å². The number of carboxylic acids is 1. The fourth-order valence-corrected chi connectivity index (χ4v) is 1.84. The SMILES string of the molecule is O=C(O)c1ccc2ccc3cccnc3c2n1.[Cu][Br]. The molecule has 0 bridgehead atoms. The molecule has 0 fully saturated rings. The minimum atomic E-state index is -1.03. The molecular weight excluding hydrogens is 360 g/mol. The molecule has 100 valence electrons. The van der Waals surface area contributed by atoms with Crippen LogP contribution in [0.5, 0.6) is 0 Å². The first kappa shape index (κ1) is 13.9. The number of hydrogen-bond donors (Lipinski definition) is 1. The van der Waals surface area contributed by atoms with Crippen LogP contribution in [-0.2, 0) is 14.2 Å². The minimum absolute atomic E-state index is 0.0376. The zero-order chi connectivity index (χ0) is 13.8. The average molecular weight is 368 g/mol. The Balaban J connectivity index is 0.000000637. The number of hydrogen-bond acceptors (Lipinski definition) is 3. The van der Waals surface area contributed by atoms with E-state index in [9.17, 15) is 4.79 Å². The maximum atomic E-state index is 10.9. The number of aromatic nitrogens is 2. The molecule has 0 saturated heterocycles. The summed E-state index contributed by atoms with van der Waals surface area (Å²) in [6, 6.07) is 10.9. The van der Waals surface area contributed by atoms with Gasteiger partial charge in [-0.1, -0.05) is 24.3 Å². The Kier molecular flexibility index (Phi) is 4.47. The molecule has 2 heterocycles. The number of carboxylic acid groups (broad SMARTS) is 1. The first-order chi connectivity index (χ1) is 9.25. The van der Waals surface area contributed by atoms with E-state index in [1.54, 1.807) is 12.3 Å². The van der Waals surface area contributed by atoms with Gasteiger partial charge in [-0.05, 0) is 12.1 Å². The van der Waals surface area contributed by atoms with Crippen LogP contribution in [0.3, 0.4) is 0 Å². The molecule has 0 amide bonds. The van der Waals surface area contributed by atoms with Gasteiger partial charge in [0, 0.05) is 17.0 Å². The summed E-state index contributed by atoms with van der Waals surface area (Å²) in [7, 11) is 0. The summed E-state index contributed by atoms with van der Waals surface area (Å²) in [5.41, 5.74) is 1.40. The second kappa shape index (κ2) is 6.10. The number of nitrogens with zero attached hydrogens (tertiary/aromatic N) is 2. The number of carbonyl (C=O) groups is 1. The van der Waals surface area contributed by atoms with Gasteiger partial charge in [0.15, 0.2) is 0 Å². The van der Waals surface area contributed by atoms with Crippen LogP contribution in [0.2, 0.25) is 0 Å². The van der Waals surface area contributed by atoms with Crippen molar-refractivity contribution in [2.24, 2.45) is 0 Å². The summed E-state index contributed by atoms with van der Waals surface area (Å²) in [6.07, 6.45) is 1.68. The van der Waals surface area contributed by atoms with E-state index in [4.69, 9.17) is 5.11 Å². The molecule has 6 heteroatoms. The normalized spacial score (nSPS) is 10.1. The van der Waals surface area contributed by atoms with Crippen molar-refractivity contribution < 1.29 is 24.1 Å². The summed E-state index contributed by atoms with van der Waals surface area (Å²) in [5, 5.41) is 10.8. The zero-order valence-corrected chi connectivity index (χ0v) is 12.0. The summed E-state index contributed by atoms with van der Waals surface area (Å²) < 4.78 is 0. The number of aromatic carboxylic acids is 1. The average Bonchev–Trinajstić information content (AvgIpc) is 2.48. The van der Waals surface area contributed by atoms with Crippen molar-refractivity contribution in [2.45, 2.75) is 0 Å². The first-order valence-electron chi connectivity index (χ1n) is 5.25. The molecule has 1 N–H and O–H groups in total. The number of benzene rings is 1. The summed E-state index contributed by atoms with van der Waals surface area (Å²) in [6.45, 7) is 0. The van der Waals surface area contributed by atoms with Crippen molar-refractivity contribution >= 4 is 41.9 Å². The molecule has 0 radical (unpaired) electrons. The van der Waals surface area contributed by atoms with Gasteiger partial charge in [0.2, 0.25) is 0 Å². The van der Waals surface area contributed by atoms with Gasteiger partial charge in [0.1, 0.15) is 5.69 Å². The molecule has 0 unspecified atom stereocenters. The van der Waals surface area contributed by atoms with Gasteiger partial charge >= 0.3 is 34.3 Å². The van der Waals surface area contributed by atoms with Crippen molar-refractivity contribution in [1.29, 1.82) is 0 Å². The molecule has 0 spiro atoms. The van der Waals surface area contributed by atoms with Crippen LogP contribution in [0.1, 0.15) is 10.5 Å². The monoisotopic (exact) mass is 366 g/mol. The van der Waals surface area contributed by atoms with Crippen LogP contribution >= 0.6 is 14.1 Å². The van der Waals surface area contributed by atoms with E-state index in [1.165, 1.54) is 6.07 Å². The number of pyridine rings is 2. The van der Waals surface area contributed by atoms with Gasteiger partial charge in [-0.15, -0.1) is 0 Å². The van der Waals surface area contributed by atoms with Crippen molar-refractivity contribution in [3.63, 3.8) is 0 Å². The van der Waals surface area contributed by atoms with Crippen molar-refractivity contribution in [3.8, 4) is 0 Å². The van der Waals surface area contributed by atoms with Crippen molar-refractivity contribution in [1.82, 2.24) is 9.97 Å².